The molecular weight excluding hydrogens is 259 g/mol. The number of hydrogen-bond donors (Lipinski definition) is 2. The normalized spacial score (nSPS) is 10.3. The van der Waals surface area contributed by atoms with Gasteiger partial charge in [0.25, 0.3) is 0 Å². The van der Waals surface area contributed by atoms with Crippen molar-refractivity contribution < 1.29 is 19.4 Å². The van der Waals surface area contributed by atoms with E-state index in [2.05, 4.69) is 0 Å². The lowest BCUT2D eigenvalue weighted by molar-refractivity contribution is 0.0697. The Labute approximate surface area is 107 Å². The van der Waals surface area contributed by atoms with Crippen molar-refractivity contribution in [2.24, 2.45) is 0 Å². The van der Waals surface area contributed by atoms with Gasteiger partial charge in [0.2, 0.25) is 0 Å². The van der Waals surface area contributed by atoms with Crippen LogP contribution in [0.5, 0.6) is 5.75 Å². The Hall–Kier alpha value is -2.07. The average molecular weight is 267 g/mol. The van der Waals surface area contributed by atoms with Crippen LogP contribution in [0.3, 0.4) is 0 Å². The third kappa shape index (κ3) is 2.43. The van der Waals surface area contributed by atoms with Crippen LogP contribution in [0.2, 0.25) is 5.02 Å². The molecule has 0 saturated heterocycles. The van der Waals surface area contributed by atoms with Gasteiger partial charge in [0.15, 0.2) is 0 Å². The molecule has 0 fully saturated rings. The van der Waals surface area contributed by atoms with Crippen molar-refractivity contribution in [2.45, 2.75) is 0 Å². The molecule has 0 saturated carbocycles. The first kappa shape index (κ1) is 12.4. The van der Waals surface area contributed by atoms with E-state index in [1.807, 2.05) is 0 Å². The van der Waals surface area contributed by atoms with Gasteiger partial charge in [-0.3, -0.25) is 0 Å². The molecule has 3 nitrogen and oxygen atoms in total. The van der Waals surface area contributed by atoms with Crippen molar-refractivity contribution in [1.82, 2.24) is 0 Å². The van der Waals surface area contributed by atoms with Crippen LogP contribution in [-0.2, 0) is 0 Å². The quantitative estimate of drug-likeness (QED) is 0.874. The molecule has 0 heterocycles. The molecule has 0 atom stereocenters. The number of phenols is 1. The first-order valence-corrected chi connectivity index (χ1v) is 5.38. The fourth-order valence-electron chi connectivity index (χ4n) is 1.62. The maximum Gasteiger partial charge on any atom is 0.335 e. The molecule has 0 aromatic heterocycles. The topological polar surface area (TPSA) is 57.5 Å². The summed E-state index contributed by atoms with van der Waals surface area (Å²) in [5, 5.41) is 18.8. The zero-order valence-corrected chi connectivity index (χ0v) is 9.78. The summed E-state index contributed by atoms with van der Waals surface area (Å²) in [6.45, 7) is 0. The van der Waals surface area contributed by atoms with Crippen molar-refractivity contribution in [3.63, 3.8) is 0 Å². The van der Waals surface area contributed by atoms with Gasteiger partial charge in [0, 0.05) is 16.7 Å². The van der Waals surface area contributed by atoms with E-state index in [4.69, 9.17) is 16.7 Å². The Morgan fingerprint density at radius 1 is 1.17 bits per heavy atom. The number of carboxylic acid groups (broad SMARTS) is 1. The maximum atomic E-state index is 12.9. The smallest absolute Gasteiger partial charge is 0.335 e. The summed E-state index contributed by atoms with van der Waals surface area (Å²) in [5.74, 6) is -1.97. The number of hydrogen-bond acceptors (Lipinski definition) is 2. The molecule has 0 amide bonds. The fraction of sp³-hybridized carbons (Fsp3) is 0. The van der Waals surface area contributed by atoms with Gasteiger partial charge in [-0.25, -0.2) is 9.18 Å². The number of rotatable bonds is 2. The zero-order chi connectivity index (χ0) is 13.3. The molecule has 2 N–H and O–H groups in total. The Kier molecular flexibility index (Phi) is 3.21. The Balaban J connectivity index is 2.60. The van der Waals surface area contributed by atoms with Crippen molar-refractivity contribution >= 4 is 17.6 Å². The van der Waals surface area contributed by atoms with E-state index >= 15 is 0 Å². The van der Waals surface area contributed by atoms with Crippen molar-refractivity contribution in [3.05, 3.63) is 52.8 Å². The highest BCUT2D eigenvalue weighted by atomic mass is 35.5. The second-order valence-electron chi connectivity index (χ2n) is 3.70. The molecule has 0 spiro atoms. The van der Waals surface area contributed by atoms with Gasteiger partial charge < -0.3 is 10.2 Å². The summed E-state index contributed by atoms with van der Waals surface area (Å²) in [5.41, 5.74) is 0.736. The largest absolute Gasteiger partial charge is 0.507 e. The molecule has 0 aliphatic carbocycles. The molecular formula is C13H8ClFO3. The number of halogens is 2. The molecule has 18 heavy (non-hydrogen) atoms. The number of carboxylic acids is 1. The molecule has 0 bridgehead atoms. The molecule has 2 aromatic carbocycles. The van der Waals surface area contributed by atoms with E-state index in [9.17, 15) is 14.3 Å². The number of benzene rings is 2. The Morgan fingerprint density at radius 3 is 2.50 bits per heavy atom. The summed E-state index contributed by atoms with van der Waals surface area (Å²) in [7, 11) is 0. The SMILES string of the molecule is O=C(O)c1cc(Cl)cc(-c2ccc(F)cc2O)c1. The third-order valence-corrected chi connectivity index (χ3v) is 2.63. The van der Waals surface area contributed by atoms with Crippen LogP contribution in [0.15, 0.2) is 36.4 Å². The first-order chi connectivity index (χ1) is 8.47. The Bertz CT molecular complexity index is 626. The average Bonchev–Trinajstić information content (AvgIpc) is 2.27. The van der Waals surface area contributed by atoms with Gasteiger partial charge in [-0.15, -0.1) is 0 Å². The Morgan fingerprint density at radius 2 is 1.89 bits per heavy atom. The molecule has 0 aliphatic heterocycles. The van der Waals surface area contributed by atoms with Crippen LogP contribution in [0.4, 0.5) is 4.39 Å². The summed E-state index contributed by atoms with van der Waals surface area (Å²) in [6, 6.07) is 7.66. The highest BCUT2D eigenvalue weighted by Gasteiger charge is 2.10. The van der Waals surface area contributed by atoms with Crippen LogP contribution < -0.4 is 0 Å². The predicted molar refractivity (Wildman–Crippen MR) is 65.5 cm³/mol. The third-order valence-electron chi connectivity index (χ3n) is 2.42. The van der Waals surface area contributed by atoms with E-state index in [1.165, 1.54) is 30.3 Å². The van der Waals surface area contributed by atoms with E-state index < -0.39 is 11.8 Å². The minimum Gasteiger partial charge on any atom is -0.507 e. The van der Waals surface area contributed by atoms with Crippen LogP contribution in [0, 0.1) is 5.82 Å². The molecule has 0 aliphatic rings. The van der Waals surface area contributed by atoms with Gasteiger partial charge in [-0.2, -0.15) is 0 Å². The van der Waals surface area contributed by atoms with Gasteiger partial charge in [0.05, 0.1) is 5.56 Å². The lowest BCUT2D eigenvalue weighted by Gasteiger charge is -2.07. The second-order valence-corrected chi connectivity index (χ2v) is 4.13. The number of aromatic hydroxyl groups is 1. The minimum absolute atomic E-state index is 0.00113. The molecule has 5 heteroatoms. The molecule has 2 aromatic rings. The highest BCUT2D eigenvalue weighted by Crippen LogP contribution is 2.32. The summed E-state index contributed by atoms with van der Waals surface area (Å²) in [6.07, 6.45) is 0. The number of carbonyl (C=O) groups is 1. The van der Waals surface area contributed by atoms with Crippen LogP contribution in [0.1, 0.15) is 10.4 Å². The number of aromatic carboxylic acids is 1. The molecule has 0 radical (unpaired) electrons. The molecule has 2 rings (SSSR count). The maximum absolute atomic E-state index is 12.9. The van der Waals surface area contributed by atoms with E-state index in [-0.39, 0.29) is 16.3 Å². The van der Waals surface area contributed by atoms with Gasteiger partial charge in [-0.05, 0) is 35.9 Å². The highest BCUT2D eigenvalue weighted by molar-refractivity contribution is 6.31. The zero-order valence-electron chi connectivity index (χ0n) is 9.02. The van der Waals surface area contributed by atoms with E-state index in [1.54, 1.807) is 0 Å². The van der Waals surface area contributed by atoms with Crippen LogP contribution >= 0.6 is 11.6 Å². The number of phenolic OH excluding ortho intramolecular Hbond substituents is 1. The van der Waals surface area contributed by atoms with Crippen molar-refractivity contribution in [3.8, 4) is 16.9 Å². The summed E-state index contributed by atoms with van der Waals surface area (Å²) < 4.78 is 12.9. The van der Waals surface area contributed by atoms with Crippen LogP contribution in [0.25, 0.3) is 11.1 Å². The first-order valence-electron chi connectivity index (χ1n) is 5.00. The van der Waals surface area contributed by atoms with E-state index in [0.29, 0.717) is 11.1 Å². The van der Waals surface area contributed by atoms with E-state index in [0.717, 1.165) is 6.07 Å². The van der Waals surface area contributed by atoms with Crippen LogP contribution in [-0.4, -0.2) is 16.2 Å². The minimum atomic E-state index is -1.12. The van der Waals surface area contributed by atoms with Gasteiger partial charge >= 0.3 is 5.97 Å². The lowest BCUT2D eigenvalue weighted by atomic mass is 10.0. The monoisotopic (exact) mass is 266 g/mol. The second kappa shape index (κ2) is 4.66. The standard InChI is InChI=1S/C13H8ClFO3/c14-9-4-7(3-8(5-9)13(17)18)11-2-1-10(15)6-12(11)16/h1-6,16H,(H,17,18). The van der Waals surface area contributed by atoms with Crippen molar-refractivity contribution in [1.29, 1.82) is 0 Å². The van der Waals surface area contributed by atoms with Gasteiger partial charge in [0.1, 0.15) is 11.6 Å². The predicted octanol–water partition coefficient (Wildman–Crippen LogP) is 3.55. The van der Waals surface area contributed by atoms with Crippen molar-refractivity contribution in [2.75, 3.05) is 0 Å². The molecule has 92 valence electrons. The lowest BCUT2D eigenvalue weighted by Crippen LogP contribution is -1.96. The molecule has 0 unspecified atom stereocenters. The van der Waals surface area contributed by atoms with Gasteiger partial charge in [-0.1, -0.05) is 11.6 Å². The summed E-state index contributed by atoms with van der Waals surface area (Å²) in [4.78, 5) is 10.9. The fourth-order valence-corrected chi connectivity index (χ4v) is 1.85. The summed E-state index contributed by atoms with van der Waals surface area (Å²) >= 11 is 5.81.